The minimum Gasteiger partial charge on any atom is -0.497 e. The van der Waals surface area contributed by atoms with Crippen LogP contribution in [0.15, 0.2) is 48.5 Å². The van der Waals surface area contributed by atoms with E-state index in [-0.39, 0.29) is 30.9 Å². The van der Waals surface area contributed by atoms with Gasteiger partial charge >= 0.3 is 18.2 Å². The second-order valence-electron chi connectivity index (χ2n) is 8.82. The van der Waals surface area contributed by atoms with Crippen LogP contribution in [0, 0.1) is 0 Å². The Hall–Kier alpha value is -3.76. The molecule has 2 aromatic rings. The number of esters is 1. The highest BCUT2D eigenvalue weighted by Crippen LogP contribution is 2.34. The average molecular weight is 511 g/mol. The smallest absolute Gasteiger partial charge is 0.416 e. The van der Waals surface area contributed by atoms with E-state index in [2.05, 4.69) is 10.6 Å². The normalized spacial score (nSPS) is 12.3. The Bertz CT molecular complexity index is 1050. The fraction of sp³-hybridized carbons (Fsp3) is 0.400. The number of rotatable bonds is 9. The summed E-state index contributed by atoms with van der Waals surface area (Å²) in [5, 5.41) is 4.70. The molecule has 0 spiro atoms. The third-order valence-electron chi connectivity index (χ3n) is 4.62. The van der Waals surface area contributed by atoms with Crippen molar-refractivity contribution < 1.29 is 41.8 Å². The molecule has 2 N–H and O–H groups in total. The quantitative estimate of drug-likeness (QED) is 0.457. The first-order chi connectivity index (χ1) is 16.8. The Morgan fingerprint density at radius 1 is 1.00 bits per heavy atom. The molecule has 0 aliphatic rings. The van der Waals surface area contributed by atoms with Crippen LogP contribution >= 0.6 is 0 Å². The summed E-state index contributed by atoms with van der Waals surface area (Å²) in [7, 11) is 1.19. The number of amides is 2. The lowest BCUT2D eigenvalue weighted by molar-refractivity contribution is -0.155. The summed E-state index contributed by atoms with van der Waals surface area (Å²) in [6, 6.07) is 10.2. The van der Waals surface area contributed by atoms with Gasteiger partial charge in [0.15, 0.2) is 0 Å². The van der Waals surface area contributed by atoms with E-state index in [0.717, 1.165) is 12.1 Å². The lowest BCUT2D eigenvalue weighted by atomic mass is 10.1. The van der Waals surface area contributed by atoms with Crippen molar-refractivity contribution in [2.75, 3.05) is 12.4 Å². The van der Waals surface area contributed by atoms with Crippen molar-refractivity contribution in [1.82, 2.24) is 5.32 Å². The Morgan fingerprint density at radius 3 is 2.25 bits per heavy atom. The zero-order valence-corrected chi connectivity index (χ0v) is 20.4. The molecule has 36 heavy (non-hydrogen) atoms. The number of anilines is 1. The Labute approximate surface area is 207 Å². The average Bonchev–Trinajstić information content (AvgIpc) is 2.79. The molecule has 196 valence electrons. The Morgan fingerprint density at radius 2 is 1.67 bits per heavy atom. The summed E-state index contributed by atoms with van der Waals surface area (Å²) in [6.45, 7) is 4.96. The van der Waals surface area contributed by atoms with Gasteiger partial charge in [-0.15, -0.1) is 0 Å². The van der Waals surface area contributed by atoms with Gasteiger partial charge in [-0.25, -0.2) is 4.79 Å². The van der Waals surface area contributed by atoms with E-state index in [4.69, 9.17) is 14.2 Å². The predicted molar refractivity (Wildman–Crippen MR) is 125 cm³/mol. The van der Waals surface area contributed by atoms with Gasteiger partial charge in [0.25, 0.3) is 0 Å². The molecule has 0 fully saturated rings. The van der Waals surface area contributed by atoms with Gasteiger partial charge in [0.05, 0.1) is 12.7 Å². The number of carbonyl (C=O) groups is 3. The third kappa shape index (κ3) is 9.85. The number of nitrogens with one attached hydrogen (secondary N) is 2. The molecule has 8 nitrogen and oxygen atoms in total. The number of hydrogen-bond acceptors (Lipinski definition) is 6. The van der Waals surface area contributed by atoms with Crippen LogP contribution in [-0.2, 0) is 31.8 Å². The number of carbonyl (C=O) groups excluding carboxylic acids is 3. The summed E-state index contributed by atoms with van der Waals surface area (Å²) < 4.78 is 54.9. The Kier molecular flexibility index (Phi) is 9.71. The molecular formula is C25H29F3N2O6. The molecule has 0 radical (unpaired) electrons. The summed E-state index contributed by atoms with van der Waals surface area (Å²) in [4.78, 5) is 37.4. The molecule has 1 atom stereocenters. The monoisotopic (exact) mass is 510 g/mol. The van der Waals surface area contributed by atoms with Gasteiger partial charge in [0.2, 0.25) is 5.91 Å². The van der Waals surface area contributed by atoms with Crippen molar-refractivity contribution in [2.45, 2.75) is 58.0 Å². The number of halogens is 3. The van der Waals surface area contributed by atoms with Gasteiger partial charge in [-0.1, -0.05) is 30.3 Å². The molecule has 2 rings (SSSR count). The molecule has 0 bridgehead atoms. The SMILES string of the molecule is COc1cc(NC(=O)[C@H](CCC(=O)OC(C)(C)C)NC(=O)OCc2ccccc2)cc(C(F)(F)F)c1. The van der Waals surface area contributed by atoms with E-state index in [0.29, 0.717) is 5.56 Å². The fourth-order valence-corrected chi connectivity index (χ4v) is 3.01. The standard InChI is InChI=1S/C25H29F3N2O6/c1-24(2,3)36-21(31)11-10-20(30-23(33)35-15-16-8-6-5-7-9-16)22(32)29-18-12-17(25(26,27)28)13-19(14-18)34-4/h5-9,12-14,20H,10-11,15H2,1-4H3,(H,29,32)(H,30,33)/t20-/m0/s1. The molecule has 0 saturated carbocycles. The second kappa shape index (κ2) is 12.3. The zero-order valence-electron chi connectivity index (χ0n) is 20.4. The number of methoxy groups -OCH3 is 1. The van der Waals surface area contributed by atoms with E-state index in [1.54, 1.807) is 51.1 Å². The van der Waals surface area contributed by atoms with Crippen molar-refractivity contribution >= 4 is 23.7 Å². The fourth-order valence-electron chi connectivity index (χ4n) is 3.01. The van der Waals surface area contributed by atoms with Crippen LogP contribution in [-0.4, -0.2) is 36.7 Å². The lowest BCUT2D eigenvalue weighted by Crippen LogP contribution is -2.44. The number of alkyl carbamates (subject to hydrolysis) is 1. The first-order valence-corrected chi connectivity index (χ1v) is 11.0. The minimum absolute atomic E-state index is 0.0715. The maximum absolute atomic E-state index is 13.2. The molecule has 0 aliphatic carbocycles. The molecule has 2 aromatic carbocycles. The number of ether oxygens (including phenoxy) is 3. The maximum atomic E-state index is 13.2. The molecule has 0 aromatic heterocycles. The van der Waals surface area contributed by atoms with Gasteiger partial charge in [-0.3, -0.25) is 9.59 Å². The summed E-state index contributed by atoms with van der Waals surface area (Å²) in [5.74, 6) is -1.59. The highest BCUT2D eigenvalue weighted by Gasteiger charge is 2.32. The van der Waals surface area contributed by atoms with Crippen molar-refractivity contribution in [1.29, 1.82) is 0 Å². The van der Waals surface area contributed by atoms with Crippen molar-refractivity contribution in [3.63, 3.8) is 0 Å². The lowest BCUT2D eigenvalue weighted by Gasteiger charge is -2.22. The molecule has 0 unspecified atom stereocenters. The molecule has 0 heterocycles. The zero-order chi connectivity index (χ0) is 26.9. The van der Waals surface area contributed by atoms with Gasteiger partial charge < -0.3 is 24.8 Å². The van der Waals surface area contributed by atoms with Crippen LogP contribution in [0.3, 0.4) is 0 Å². The van der Waals surface area contributed by atoms with Crippen molar-refractivity contribution in [3.8, 4) is 5.75 Å². The topological polar surface area (TPSA) is 103 Å². The van der Waals surface area contributed by atoms with E-state index < -0.39 is 41.4 Å². The summed E-state index contributed by atoms with van der Waals surface area (Å²) in [6.07, 6.45) is -6.04. The first kappa shape index (κ1) is 28.5. The van der Waals surface area contributed by atoms with Crippen LogP contribution in [0.25, 0.3) is 0 Å². The van der Waals surface area contributed by atoms with E-state index in [9.17, 15) is 27.6 Å². The predicted octanol–water partition coefficient (Wildman–Crippen LogP) is 5.07. The van der Waals surface area contributed by atoms with Crippen LogP contribution in [0.5, 0.6) is 5.75 Å². The Balaban J connectivity index is 2.15. The molecule has 2 amide bonds. The van der Waals surface area contributed by atoms with Gasteiger partial charge in [0, 0.05) is 18.2 Å². The van der Waals surface area contributed by atoms with Crippen LogP contribution in [0.1, 0.15) is 44.7 Å². The molecule has 11 heteroatoms. The third-order valence-corrected chi connectivity index (χ3v) is 4.62. The van der Waals surface area contributed by atoms with Crippen molar-refractivity contribution in [2.24, 2.45) is 0 Å². The summed E-state index contributed by atoms with van der Waals surface area (Å²) >= 11 is 0. The van der Waals surface area contributed by atoms with Crippen molar-refractivity contribution in [3.05, 3.63) is 59.7 Å². The largest absolute Gasteiger partial charge is 0.497 e. The van der Waals surface area contributed by atoms with Gasteiger partial charge in [-0.2, -0.15) is 13.2 Å². The van der Waals surface area contributed by atoms with E-state index in [1.165, 1.54) is 13.2 Å². The van der Waals surface area contributed by atoms with Gasteiger partial charge in [0.1, 0.15) is 24.0 Å². The number of benzene rings is 2. The summed E-state index contributed by atoms with van der Waals surface area (Å²) in [5.41, 5.74) is -1.28. The van der Waals surface area contributed by atoms with Crippen LogP contribution in [0.2, 0.25) is 0 Å². The number of alkyl halides is 3. The highest BCUT2D eigenvalue weighted by atomic mass is 19.4. The molecule has 0 aliphatic heterocycles. The molecular weight excluding hydrogens is 481 g/mol. The first-order valence-electron chi connectivity index (χ1n) is 11.0. The van der Waals surface area contributed by atoms with E-state index in [1.807, 2.05) is 0 Å². The molecule has 0 saturated heterocycles. The van der Waals surface area contributed by atoms with Crippen LogP contribution in [0.4, 0.5) is 23.7 Å². The van der Waals surface area contributed by atoms with E-state index >= 15 is 0 Å². The van der Waals surface area contributed by atoms with Gasteiger partial charge in [-0.05, 0) is 44.9 Å². The number of hydrogen-bond donors (Lipinski definition) is 2. The minimum atomic E-state index is -4.68. The van der Waals surface area contributed by atoms with Crippen LogP contribution < -0.4 is 15.4 Å². The highest BCUT2D eigenvalue weighted by molar-refractivity contribution is 5.97. The second-order valence-corrected chi connectivity index (χ2v) is 8.82. The maximum Gasteiger partial charge on any atom is 0.416 e.